The predicted octanol–water partition coefficient (Wildman–Crippen LogP) is 3.47. The van der Waals surface area contributed by atoms with Crippen LogP contribution in [0.15, 0.2) is 47.6 Å². The molecule has 0 atom stereocenters. The van der Waals surface area contributed by atoms with Crippen LogP contribution < -0.4 is 4.72 Å². The number of benzene rings is 1. The molecule has 0 spiro atoms. The highest BCUT2D eigenvalue weighted by atomic mass is 32.2. The molecule has 0 aliphatic heterocycles. The monoisotopic (exact) mass is 329 g/mol. The molecule has 0 amide bonds. The summed E-state index contributed by atoms with van der Waals surface area (Å²) in [7, 11) is -3.67. The maximum absolute atomic E-state index is 12.8. The normalized spacial score (nSPS) is 11.8. The third-order valence-corrected chi connectivity index (χ3v) is 5.40. The SMILES string of the molecule is CCn1cc(S(=O)(=O)Nc2ccc(C)c(C)c2)c2cccnc21. The standard InChI is InChI=1S/C17H19N3O2S/c1-4-20-11-16(15-6-5-9-18-17(15)20)23(21,22)19-14-8-7-12(2)13(3)10-14/h5-11,19H,4H2,1-3H3. The molecule has 0 aliphatic rings. The first-order valence-corrected chi connectivity index (χ1v) is 8.94. The van der Waals surface area contributed by atoms with Gasteiger partial charge in [0.25, 0.3) is 10.0 Å². The summed E-state index contributed by atoms with van der Waals surface area (Å²) in [4.78, 5) is 4.54. The van der Waals surface area contributed by atoms with E-state index in [4.69, 9.17) is 0 Å². The van der Waals surface area contributed by atoms with Crippen LogP contribution in [-0.4, -0.2) is 18.0 Å². The Kier molecular flexibility index (Phi) is 3.85. The Balaban J connectivity index is 2.08. The smallest absolute Gasteiger partial charge is 0.264 e. The number of nitrogens with zero attached hydrogens (tertiary/aromatic N) is 2. The summed E-state index contributed by atoms with van der Waals surface area (Å²) in [6.45, 7) is 6.57. The van der Waals surface area contributed by atoms with Gasteiger partial charge in [0, 0.05) is 30.0 Å². The number of hydrogen-bond acceptors (Lipinski definition) is 3. The summed E-state index contributed by atoms with van der Waals surface area (Å²) in [5, 5.41) is 0.630. The van der Waals surface area contributed by atoms with Crippen LogP contribution in [0.3, 0.4) is 0 Å². The van der Waals surface area contributed by atoms with Crippen molar-refractivity contribution in [3.63, 3.8) is 0 Å². The number of aromatic nitrogens is 2. The first-order valence-electron chi connectivity index (χ1n) is 7.46. The molecule has 0 saturated carbocycles. The highest BCUT2D eigenvalue weighted by molar-refractivity contribution is 7.93. The first-order chi connectivity index (χ1) is 10.9. The van der Waals surface area contributed by atoms with Gasteiger partial charge in [-0.2, -0.15) is 0 Å². The number of fused-ring (bicyclic) bond motifs is 1. The molecule has 0 saturated heterocycles. The summed E-state index contributed by atoms with van der Waals surface area (Å²) < 4.78 is 30.1. The van der Waals surface area contributed by atoms with Crippen LogP contribution >= 0.6 is 0 Å². The first kappa shape index (κ1) is 15.6. The van der Waals surface area contributed by atoms with Gasteiger partial charge in [-0.15, -0.1) is 0 Å². The van der Waals surface area contributed by atoms with Gasteiger partial charge in [0.1, 0.15) is 10.5 Å². The van der Waals surface area contributed by atoms with E-state index in [0.717, 1.165) is 11.1 Å². The van der Waals surface area contributed by atoms with E-state index in [1.807, 2.05) is 37.5 Å². The lowest BCUT2D eigenvalue weighted by Crippen LogP contribution is -2.12. The fourth-order valence-corrected chi connectivity index (χ4v) is 3.82. The maximum Gasteiger partial charge on any atom is 0.264 e. The minimum Gasteiger partial charge on any atom is -0.331 e. The Morgan fingerprint density at radius 1 is 1.17 bits per heavy atom. The van der Waals surface area contributed by atoms with Crippen molar-refractivity contribution in [1.82, 2.24) is 9.55 Å². The molecule has 1 N–H and O–H groups in total. The summed E-state index contributed by atoms with van der Waals surface area (Å²) in [6.07, 6.45) is 3.31. The zero-order chi connectivity index (χ0) is 16.6. The van der Waals surface area contributed by atoms with Crippen LogP contribution in [-0.2, 0) is 16.6 Å². The van der Waals surface area contributed by atoms with Gasteiger partial charge in [-0.05, 0) is 56.2 Å². The Bertz CT molecular complexity index is 975. The van der Waals surface area contributed by atoms with E-state index >= 15 is 0 Å². The Morgan fingerprint density at radius 3 is 2.65 bits per heavy atom. The molecular formula is C17H19N3O2S. The van der Waals surface area contributed by atoms with Crippen LogP contribution in [0.1, 0.15) is 18.1 Å². The van der Waals surface area contributed by atoms with E-state index in [2.05, 4.69) is 9.71 Å². The van der Waals surface area contributed by atoms with Gasteiger partial charge in [0.2, 0.25) is 0 Å². The van der Waals surface area contributed by atoms with Crippen LogP contribution in [0.5, 0.6) is 0 Å². The van der Waals surface area contributed by atoms with Gasteiger partial charge < -0.3 is 4.57 Å². The largest absolute Gasteiger partial charge is 0.331 e. The molecular weight excluding hydrogens is 310 g/mol. The quantitative estimate of drug-likeness (QED) is 0.797. The van der Waals surface area contributed by atoms with Crippen molar-refractivity contribution in [3.8, 4) is 0 Å². The summed E-state index contributed by atoms with van der Waals surface area (Å²) in [5.74, 6) is 0. The molecule has 120 valence electrons. The molecule has 0 aliphatic carbocycles. The summed E-state index contributed by atoms with van der Waals surface area (Å²) in [5.41, 5.74) is 3.41. The van der Waals surface area contributed by atoms with Crippen molar-refractivity contribution in [3.05, 3.63) is 53.9 Å². The van der Waals surface area contributed by atoms with E-state index in [1.54, 1.807) is 30.6 Å². The molecule has 0 unspecified atom stereocenters. The Hall–Kier alpha value is -2.34. The molecule has 3 rings (SSSR count). The number of nitrogens with one attached hydrogen (secondary N) is 1. The van der Waals surface area contributed by atoms with E-state index in [0.29, 0.717) is 23.3 Å². The minimum absolute atomic E-state index is 0.251. The van der Waals surface area contributed by atoms with Crippen molar-refractivity contribution in [2.24, 2.45) is 0 Å². The zero-order valence-electron chi connectivity index (χ0n) is 13.4. The third kappa shape index (κ3) is 2.82. The molecule has 6 heteroatoms. The van der Waals surface area contributed by atoms with Crippen molar-refractivity contribution < 1.29 is 8.42 Å². The molecule has 0 radical (unpaired) electrons. The van der Waals surface area contributed by atoms with Gasteiger partial charge in [-0.25, -0.2) is 13.4 Å². The van der Waals surface area contributed by atoms with Crippen LogP contribution in [0.2, 0.25) is 0 Å². The molecule has 0 fully saturated rings. The predicted molar refractivity (Wildman–Crippen MR) is 92.1 cm³/mol. The molecule has 2 aromatic heterocycles. The highest BCUT2D eigenvalue weighted by Gasteiger charge is 2.21. The van der Waals surface area contributed by atoms with E-state index in [9.17, 15) is 8.42 Å². The third-order valence-electron chi connectivity index (χ3n) is 3.99. The van der Waals surface area contributed by atoms with Crippen molar-refractivity contribution in [2.75, 3.05) is 4.72 Å². The maximum atomic E-state index is 12.8. The second-order valence-corrected chi connectivity index (χ2v) is 7.21. The minimum atomic E-state index is -3.67. The molecule has 23 heavy (non-hydrogen) atoms. The number of pyridine rings is 1. The van der Waals surface area contributed by atoms with Gasteiger partial charge >= 0.3 is 0 Å². The number of hydrogen-bond donors (Lipinski definition) is 1. The number of anilines is 1. The van der Waals surface area contributed by atoms with E-state index in [1.165, 1.54) is 0 Å². The molecule has 1 aromatic carbocycles. The van der Waals surface area contributed by atoms with Gasteiger partial charge in [-0.3, -0.25) is 4.72 Å². The second kappa shape index (κ2) is 5.70. The van der Waals surface area contributed by atoms with Crippen molar-refractivity contribution in [2.45, 2.75) is 32.2 Å². The lowest BCUT2D eigenvalue weighted by molar-refractivity contribution is 0.601. The van der Waals surface area contributed by atoms with Crippen molar-refractivity contribution in [1.29, 1.82) is 0 Å². The molecule has 5 nitrogen and oxygen atoms in total. The van der Waals surface area contributed by atoms with E-state index < -0.39 is 10.0 Å². The fourth-order valence-electron chi connectivity index (χ4n) is 2.56. The topological polar surface area (TPSA) is 64.0 Å². The average molecular weight is 329 g/mol. The zero-order valence-corrected chi connectivity index (χ0v) is 14.2. The number of aryl methyl sites for hydroxylation is 3. The summed E-state index contributed by atoms with van der Waals surface area (Å²) in [6, 6.07) is 9.05. The van der Waals surface area contributed by atoms with Crippen LogP contribution in [0.4, 0.5) is 5.69 Å². The highest BCUT2D eigenvalue weighted by Crippen LogP contribution is 2.26. The number of rotatable bonds is 4. The summed E-state index contributed by atoms with van der Waals surface area (Å²) >= 11 is 0. The second-order valence-electron chi connectivity index (χ2n) is 5.56. The fraction of sp³-hybridized carbons (Fsp3) is 0.235. The van der Waals surface area contributed by atoms with Gasteiger partial charge in [0.15, 0.2) is 0 Å². The molecule has 3 aromatic rings. The Labute approximate surface area is 136 Å². The van der Waals surface area contributed by atoms with Crippen LogP contribution in [0.25, 0.3) is 11.0 Å². The lowest BCUT2D eigenvalue weighted by atomic mass is 10.1. The van der Waals surface area contributed by atoms with Gasteiger partial charge in [-0.1, -0.05) is 6.07 Å². The Morgan fingerprint density at radius 2 is 1.96 bits per heavy atom. The molecule has 0 bridgehead atoms. The molecule has 2 heterocycles. The van der Waals surface area contributed by atoms with Crippen molar-refractivity contribution >= 4 is 26.7 Å². The lowest BCUT2D eigenvalue weighted by Gasteiger charge is -2.09. The van der Waals surface area contributed by atoms with Crippen LogP contribution in [0, 0.1) is 13.8 Å². The average Bonchev–Trinajstić information content (AvgIpc) is 2.90. The van der Waals surface area contributed by atoms with E-state index in [-0.39, 0.29) is 4.90 Å². The van der Waals surface area contributed by atoms with Gasteiger partial charge in [0.05, 0.1) is 0 Å². The number of sulfonamides is 1.